The summed E-state index contributed by atoms with van der Waals surface area (Å²) in [5.74, 6) is 1.74. The number of nitrogens with zero attached hydrogens (tertiary/aromatic N) is 2. The van der Waals surface area contributed by atoms with Gasteiger partial charge in [0, 0.05) is 12.7 Å². The Bertz CT molecular complexity index is 422. The van der Waals surface area contributed by atoms with Crippen LogP contribution in [-0.4, -0.2) is 11.5 Å². The van der Waals surface area contributed by atoms with Crippen LogP contribution in [0.25, 0.3) is 0 Å². The minimum Gasteiger partial charge on any atom is -0.383 e. The fourth-order valence-electron chi connectivity index (χ4n) is 2.87. The van der Waals surface area contributed by atoms with Gasteiger partial charge in [-0.1, -0.05) is 26.2 Å². The monoisotopic (exact) mass is 243 g/mol. The maximum Gasteiger partial charge on any atom is 0.101 e. The predicted molar refractivity (Wildman–Crippen MR) is 73.2 cm³/mol. The highest BCUT2D eigenvalue weighted by Gasteiger charge is 2.18. The first-order valence-electron chi connectivity index (χ1n) is 6.87. The highest BCUT2D eigenvalue weighted by molar-refractivity contribution is 5.55. The van der Waals surface area contributed by atoms with Gasteiger partial charge in [0.15, 0.2) is 0 Å². The van der Waals surface area contributed by atoms with Gasteiger partial charge in [0.2, 0.25) is 0 Å². The molecule has 0 radical (unpaired) electrons. The summed E-state index contributed by atoms with van der Waals surface area (Å²) in [6.07, 6.45) is 10.1. The molecule has 1 aromatic heterocycles. The third kappa shape index (κ3) is 3.46. The first-order chi connectivity index (χ1) is 8.79. The zero-order chi connectivity index (χ0) is 12.8. The summed E-state index contributed by atoms with van der Waals surface area (Å²) >= 11 is 0. The molecule has 0 aliphatic heterocycles. The maximum atomic E-state index is 8.98. The molecule has 1 fully saturated rings. The number of hydrogen-bond acceptors (Lipinski definition) is 3. The first-order valence-corrected chi connectivity index (χ1v) is 6.87. The van der Waals surface area contributed by atoms with Gasteiger partial charge < -0.3 is 5.32 Å². The molecule has 1 aliphatic carbocycles. The molecule has 0 saturated heterocycles. The average molecular weight is 243 g/mol. The fourth-order valence-corrected chi connectivity index (χ4v) is 2.87. The molecule has 1 aliphatic rings. The van der Waals surface area contributed by atoms with Crippen LogP contribution in [0, 0.1) is 23.2 Å². The van der Waals surface area contributed by atoms with Crippen LogP contribution in [0.1, 0.15) is 44.6 Å². The summed E-state index contributed by atoms with van der Waals surface area (Å²) in [4.78, 5) is 4.06. The van der Waals surface area contributed by atoms with Crippen LogP contribution in [0.3, 0.4) is 0 Å². The molecule has 0 spiro atoms. The molecule has 1 heterocycles. The van der Waals surface area contributed by atoms with Crippen molar-refractivity contribution in [2.24, 2.45) is 11.8 Å². The molecule has 2 rings (SSSR count). The summed E-state index contributed by atoms with van der Waals surface area (Å²) in [7, 11) is 0. The van der Waals surface area contributed by atoms with Crippen molar-refractivity contribution in [2.45, 2.75) is 39.0 Å². The van der Waals surface area contributed by atoms with Gasteiger partial charge in [0.1, 0.15) is 6.07 Å². The molecule has 96 valence electrons. The van der Waals surface area contributed by atoms with E-state index in [4.69, 9.17) is 5.26 Å². The topological polar surface area (TPSA) is 48.7 Å². The smallest absolute Gasteiger partial charge is 0.101 e. The Morgan fingerprint density at radius 2 is 2.39 bits per heavy atom. The second-order valence-corrected chi connectivity index (χ2v) is 5.39. The Kier molecular flexibility index (Phi) is 4.58. The lowest BCUT2D eigenvalue weighted by Gasteiger charge is -2.26. The molecule has 0 amide bonds. The van der Waals surface area contributed by atoms with Crippen molar-refractivity contribution in [1.82, 2.24) is 4.98 Å². The van der Waals surface area contributed by atoms with Crippen molar-refractivity contribution >= 4 is 5.69 Å². The molecular weight excluding hydrogens is 222 g/mol. The molecule has 1 aromatic rings. The molecule has 2 atom stereocenters. The third-order valence-corrected chi connectivity index (χ3v) is 3.85. The highest BCUT2D eigenvalue weighted by atomic mass is 14.9. The lowest BCUT2D eigenvalue weighted by molar-refractivity contribution is 0.274. The van der Waals surface area contributed by atoms with Crippen LogP contribution in [0.5, 0.6) is 0 Å². The van der Waals surface area contributed by atoms with Gasteiger partial charge in [-0.3, -0.25) is 4.98 Å². The number of aromatic nitrogens is 1. The molecular formula is C15H21N3. The van der Waals surface area contributed by atoms with Crippen LogP contribution in [-0.2, 0) is 0 Å². The van der Waals surface area contributed by atoms with Gasteiger partial charge in [-0.05, 0) is 30.7 Å². The van der Waals surface area contributed by atoms with Crippen molar-refractivity contribution in [3.63, 3.8) is 0 Å². The van der Waals surface area contributed by atoms with Gasteiger partial charge in [-0.25, -0.2) is 0 Å². The normalized spacial score (nSPS) is 23.3. The summed E-state index contributed by atoms with van der Waals surface area (Å²) in [5.41, 5.74) is 1.55. The van der Waals surface area contributed by atoms with E-state index in [2.05, 4.69) is 23.3 Å². The number of nitrogens with one attached hydrogen (secondary N) is 1. The number of nitriles is 1. The van der Waals surface area contributed by atoms with Crippen LogP contribution >= 0.6 is 0 Å². The highest BCUT2D eigenvalue weighted by Crippen LogP contribution is 2.30. The summed E-state index contributed by atoms with van der Waals surface area (Å²) in [6.45, 7) is 3.30. The SMILES string of the molecule is CC1CCCC(CCNc2cnccc2C#N)C1. The summed E-state index contributed by atoms with van der Waals surface area (Å²) < 4.78 is 0. The molecule has 18 heavy (non-hydrogen) atoms. The molecule has 3 heteroatoms. The van der Waals surface area contributed by atoms with Crippen LogP contribution in [0.15, 0.2) is 18.5 Å². The van der Waals surface area contributed by atoms with E-state index in [1.54, 1.807) is 18.5 Å². The summed E-state index contributed by atoms with van der Waals surface area (Å²) in [6, 6.07) is 3.94. The number of anilines is 1. The van der Waals surface area contributed by atoms with Crippen LogP contribution < -0.4 is 5.32 Å². The van der Waals surface area contributed by atoms with E-state index < -0.39 is 0 Å². The van der Waals surface area contributed by atoms with Gasteiger partial charge in [-0.2, -0.15) is 5.26 Å². The largest absolute Gasteiger partial charge is 0.383 e. The quantitative estimate of drug-likeness (QED) is 0.879. The van der Waals surface area contributed by atoms with E-state index in [0.717, 1.165) is 24.1 Å². The van der Waals surface area contributed by atoms with Crippen molar-refractivity contribution in [2.75, 3.05) is 11.9 Å². The van der Waals surface area contributed by atoms with E-state index in [-0.39, 0.29) is 0 Å². The van der Waals surface area contributed by atoms with Crippen LogP contribution in [0.4, 0.5) is 5.69 Å². The lowest BCUT2D eigenvalue weighted by Crippen LogP contribution is -2.16. The van der Waals surface area contributed by atoms with Crippen molar-refractivity contribution < 1.29 is 0 Å². The van der Waals surface area contributed by atoms with E-state index in [9.17, 15) is 0 Å². The molecule has 1 N–H and O–H groups in total. The minimum atomic E-state index is 0.682. The number of rotatable bonds is 4. The second-order valence-electron chi connectivity index (χ2n) is 5.39. The van der Waals surface area contributed by atoms with Crippen molar-refractivity contribution in [1.29, 1.82) is 5.26 Å². The fraction of sp³-hybridized carbons (Fsp3) is 0.600. The minimum absolute atomic E-state index is 0.682. The van der Waals surface area contributed by atoms with Crippen molar-refractivity contribution in [3.05, 3.63) is 24.0 Å². The Morgan fingerprint density at radius 1 is 1.50 bits per heavy atom. The Hall–Kier alpha value is -1.56. The standard InChI is InChI=1S/C15H21N3/c1-12-3-2-4-13(9-12)5-8-18-15-11-17-7-6-14(15)10-16/h6-7,11-13,18H,2-5,8-9H2,1H3. The second kappa shape index (κ2) is 6.39. The van der Waals surface area contributed by atoms with E-state index in [1.165, 1.54) is 32.1 Å². The zero-order valence-electron chi connectivity index (χ0n) is 11.0. The van der Waals surface area contributed by atoms with Crippen molar-refractivity contribution in [3.8, 4) is 6.07 Å². The van der Waals surface area contributed by atoms with Gasteiger partial charge in [-0.15, -0.1) is 0 Å². The summed E-state index contributed by atoms with van der Waals surface area (Å²) in [5, 5.41) is 12.3. The zero-order valence-corrected chi connectivity index (χ0v) is 11.0. The van der Waals surface area contributed by atoms with Gasteiger partial charge in [0.05, 0.1) is 17.4 Å². The average Bonchev–Trinajstić information content (AvgIpc) is 2.39. The van der Waals surface area contributed by atoms with Crippen LogP contribution in [0.2, 0.25) is 0 Å². The predicted octanol–water partition coefficient (Wildman–Crippen LogP) is 3.58. The molecule has 2 unspecified atom stereocenters. The number of hydrogen-bond donors (Lipinski definition) is 1. The van der Waals surface area contributed by atoms with Gasteiger partial charge >= 0.3 is 0 Å². The molecule has 0 bridgehead atoms. The Labute approximate surface area is 109 Å². The van der Waals surface area contributed by atoms with E-state index in [1.807, 2.05) is 0 Å². The van der Waals surface area contributed by atoms with Gasteiger partial charge in [0.25, 0.3) is 0 Å². The first kappa shape index (κ1) is 12.9. The Morgan fingerprint density at radius 3 is 3.17 bits per heavy atom. The molecule has 3 nitrogen and oxygen atoms in total. The molecule has 1 saturated carbocycles. The Balaban J connectivity index is 1.80. The van der Waals surface area contributed by atoms with E-state index >= 15 is 0 Å². The lowest BCUT2D eigenvalue weighted by atomic mass is 9.81. The third-order valence-electron chi connectivity index (χ3n) is 3.85. The number of pyridine rings is 1. The van der Waals surface area contributed by atoms with E-state index in [0.29, 0.717) is 5.56 Å². The molecule has 0 aromatic carbocycles. The maximum absolute atomic E-state index is 8.98.